The monoisotopic (exact) mass is 402 g/mol. The molecule has 3 N–H and O–H groups in total. The number of unbranched alkanes of at least 4 members (excludes halogenated alkanes) is 2. The second kappa shape index (κ2) is 8.28. The Hall–Kier alpha value is -0.410. The van der Waals surface area contributed by atoms with Crippen molar-refractivity contribution >= 4 is 43.2 Å². The average molecular weight is 404 g/mol. The lowest BCUT2D eigenvalue weighted by Gasteiger charge is -2.11. The van der Waals surface area contributed by atoms with Crippen molar-refractivity contribution in [3.63, 3.8) is 0 Å². The van der Waals surface area contributed by atoms with Crippen LogP contribution < -0.4 is 10.5 Å². The number of nitrogens with two attached hydrogens (primary N) is 1. The molecule has 0 saturated carbocycles. The lowest BCUT2D eigenvalue weighted by Crippen LogP contribution is -2.26. The molecule has 120 valence electrons. The van der Waals surface area contributed by atoms with Crippen LogP contribution in [0.1, 0.15) is 19.3 Å². The molecule has 0 saturated heterocycles. The van der Waals surface area contributed by atoms with Gasteiger partial charge in [0.05, 0.1) is 15.2 Å². The molecule has 1 rings (SSSR count). The summed E-state index contributed by atoms with van der Waals surface area (Å²) in [5.74, 6) is -1.02. The largest absolute Gasteiger partial charge is 0.395 e. The fraction of sp³-hybridized carbons (Fsp3) is 0.500. The number of sulfonamides is 1. The van der Waals surface area contributed by atoms with Gasteiger partial charge in [0.1, 0.15) is 4.90 Å². The molecule has 0 heterocycles. The van der Waals surface area contributed by atoms with E-state index in [0.29, 0.717) is 13.0 Å². The van der Waals surface area contributed by atoms with Gasteiger partial charge >= 0.3 is 0 Å². The first-order valence-electron chi connectivity index (χ1n) is 6.23. The van der Waals surface area contributed by atoms with E-state index in [0.717, 1.165) is 18.9 Å². The predicted molar refractivity (Wildman–Crippen MR) is 84.4 cm³/mol. The predicted octanol–water partition coefficient (Wildman–Crippen LogP) is 2.92. The zero-order valence-corrected chi connectivity index (χ0v) is 14.6. The summed E-state index contributed by atoms with van der Waals surface area (Å²) in [6.45, 7) is 0.833. The molecule has 0 aliphatic heterocycles. The Bertz CT molecular complexity index is 599. The molecule has 0 bridgehead atoms. The van der Waals surface area contributed by atoms with Crippen LogP contribution >= 0.6 is 27.5 Å². The van der Waals surface area contributed by atoms with E-state index in [2.05, 4.69) is 20.7 Å². The van der Waals surface area contributed by atoms with Gasteiger partial charge in [0, 0.05) is 20.3 Å². The van der Waals surface area contributed by atoms with E-state index in [-0.39, 0.29) is 21.7 Å². The topological polar surface area (TPSA) is 81.4 Å². The number of ether oxygens (including phenoxy) is 1. The van der Waals surface area contributed by atoms with Gasteiger partial charge in [-0.05, 0) is 41.3 Å². The molecule has 1 aromatic carbocycles. The third-order valence-corrected chi connectivity index (χ3v) is 5.60. The van der Waals surface area contributed by atoms with Crippen molar-refractivity contribution in [2.45, 2.75) is 24.2 Å². The molecule has 0 aliphatic carbocycles. The van der Waals surface area contributed by atoms with Crippen molar-refractivity contribution in [3.05, 3.63) is 21.4 Å². The lowest BCUT2D eigenvalue weighted by atomic mass is 10.2. The fourth-order valence-corrected chi connectivity index (χ4v) is 3.38. The highest BCUT2D eigenvalue weighted by Crippen LogP contribution is 2.34. The van der Waals surface area contributed by atoms with Crippen LogP contribution in [-0.4, -0.2) is 28.7 Å². The van der Waals surface area contributed by atoms with Crippen LogP contribution in [0.2, 0.25) is 5.02 Å². The molecule has 1 aromatic rings. The molecule has 0 aliphatic rings. The fourth-order valence-electron chi connectivity index (χ4n) is 1.63. The van der Waals surface area contributed by atoms with Gasteiger partial charge in [-0.3, -0.25) is 0 Å². The Kier molecular flexibility index (Phi) is 7.35. The highest BCUT2D eigenvalue weighted by atomic mass is 79.9. The first-order valence-corrected chi connectivity index (χ1v) is 8.88. The molecule has 0 atom stereocenters. The molecule has 9 heteroatoms. The van der Waals surface area contributed by atoms with Crippen LogP contribution in [0.15, 0.2) is 15.4 Å². The maximum Gasteiger partial charge on any atom is 0.243 e. The molecule has 21 heavy (non-hydrogen) atoms. The SMILES string of the molecule is COCCCCCNS(=O)(=O)c1cc(Cl)c(Br)c(N)c1F. The lowest BCUT2D eigenvalue weighted by molar-refractivity contribution is 0.192. The molecule has 0 aromatic heterocycles. The molecular weight excluding hydrogens is 387 g/mol. The minimum atomic E-state index is -3.99. The number of methoxy groups -OCH3 is 1. The zero-order chi connectivity index (χ0) is 16.0. The summed E-state index contributed by atoms with van der Waals surface area (Å²) in [5, 5.41) is 0.0365. The molecule has 0 spiro atoms. The number of hydrogen-bond donors (Lipinski definition) is 2. The summed E-state index contributed by atoms with van der Waals surface area (Å²) in [5.41, 5.74) is 5.15. The summed E-state index contributed by atoms with van der Waals surface area (Å²) in [7, 11) is -2.38. The van der Waals surface area contributed by atoms with E-state index in [1.54, 1.807) is 7.11 Å². The van der Waals surface area contributed by atoms with Crippen molar-refractivity contribution in [1.82, 2.24) is 4.72 Å². The number of halogens is 3. The van der Waals surface area contributed by atoms with Gasteiger partial charge in [-0.25, -0.2) is 17.5 Å². The second-order valence-corrected chi connectivity index (χ2v) is 7.28. The average Bonchev–Trinajstić information content (AvgIpc) is 2.44. The summed E-state index contributed by atoms with van der Waals surface area (Å²) in [6, 6.07) is 1.03. The van der Waals surface area contributed by atoms with Crippen molar-refractivity contribution in [3.8, 4) is 0 Å². The molecular formula is C12H17BrClFN2O3S. The van der Waals surface area contributed by atoms with Crippen LogP contribution in [0, 0.1) is 5.82 Å². The van der Waals surface area contributed by atoms with E-state index in [1.807, 2.05) is 0 Å². The minimum Gasteiger partial charge on any atom is -0.395 e. The molecule has 0 unspecified atom stereocenters. The number of anilines is 1. The zero-order valence-electron chi connectivity index (χ0n) is 11.5. The Morgan fingerprint density at radius 1 is 1.43 bits per heavy atom. The van der Waals surface area contributed by atoms with E-state index in [9.17, 15) is 12.8 Å². The van der Waals surface area contributed by atoms with Crippen LogP contribution in [0.25, 0.3) is 0 Å². The Morgan fingerprint density at radius 2 is 2.10 bits per heavy atom. The van der Waals surface area contributed by atoms with E-state index >= 15 is 0 Å². The number of hydrogen-bond acceptors (Lipinski definition) is 4. The third-order valence-electron chi connectivity index (χ3n) is 2.76. The van der Waals surface area contributed by atoms with Gasteiger partial charge < -0.3 is 10.5 Å². The van der Waals surface area contributed by atoms with Gasteiger partial charge in [0.25, 0.3) is 0 Å². The Balaban J connectivity index is 2.75. The number of rotatable bonds is 8. The number of nitrogen functional groups attached to an aromatic ring is 1. The van der Waals surface area contributed by atoms with Crippen molar-refractivity contribution < 1.29 is 17.5 Å². The Labute approximate surface area is 137 Å². The van der Waals surface area contributed by atoms with Crippen molar-refractivity contribution in [2.75, 3.05) is 26.0 Å². The van der Waals surface area contributed by atoms with Crippen LogP contribution in [0.5, 0.6) is 0 Å². The molecule has 0 radical (unpaired) electrons. The molecule has 0 amide bonds. The maximum atomic E-state index is 14.0. The summed E-state index contributed by atoms with van der Waals surface area (Å²) < 4.78 is 45.4. The Morgan fingerprint density at radius 3 is 2.71 bits per heavy atom. The van der Waals surface area contributed by atoms with Gasteiger partial charge in [0.15, 0.2) is 5.82 Å². The van der Waals surface area contributed by atoms with E-state index in [4.69, 9.17) is 22.1 Å². The molecule has 5 nitrogen and oxygen atoms in total. The van der Waals surface area contributed by atoms with Crippen LogP contribution in [-0.2, 0) is 14.8 Å². The standard InChI is InChI=1S/C12H17BrClFN2O3S/c1-20-6-4-2-3-5-17-21(18,19)9-7-8(14)10(13)12(16)11(9)15/h7,17H,2-6,16H2,1H3. The second-order valence-electron chi connectivity index (χ2n) is 4.35. The highest BCUT2D eigenvalue weighted by Gasteiger charge is 2.23. The van der Waals surface area contributed by atoms with Gasteiger partial charge in [0.2, 0.25) is 10.0 Å². The van der Waals surface area contributed by atoms with Gasteiger partial charge in [-0.1, -0.05) is 11.6 Å². The smallest absolute Gasteiger partial charge is 0.243 e. The molecule has 0 fully saturated rings. The van der Waals surface area contributed by atoms with Crippen molar-refractivity contribution in [1.29, 1.82) is 0 Å². The van der Waals surface area contributed by atoms with E-state index < -0.39 is 20.7 Å². The van der Waals surface area contributed by atoms with Crippen LogP contribution in [0.3, 0.4) is 0 Å². The summed E-state index contributed by atoms with van der Waals surface area (Å²) >= 11 is 8.81. The third kappa shape index (κ3) is 5.07. The first kappa shape index (κ1) is 18.6. The number of benzene rings is 1. The van der Waals surface area contributed by atoms with Crippen LogP contribution in [0.4, 0.5) is 10.1 Å². The van der Waals surface area contributed by atoms with Crippen molar-refractivity contribution in [2.24, 2.45) is 0 Å². The normalized spacial score (nSPS) is 11.8. The minimum absolute atomic E-state index is 0.0365. The quantitative estimate of drug-likeness (QED) is 0.397. The summed E-state index contributed by atoms with van der Waals surface area (Å²) in [4.78, 5) is -0.551. The van der Waals surface area contributed by atoms with Gasteiger partial charge in [-0.15, -0.1) is 0 Å². The maximum absolute atomic E-state index is 14.0. The first-order chi connectivity index (χ1) is 9.81. The van der Waals surface area contributed by atoms with E-state index in [1.165, 1.54) is 0 Å². The van der Waals surface area contributed by atoms with Gasteiger partial charge in [-0.2, -0.15) is 0 Å². The highest BCUT2D eigenvalue weighted by molar-refractivity contribution is 9.10. The number of nitrogens with one attached hydrogen (secondary N) is 1. The summed E-state index contributed by atoms with van der Waals surface area (Å²) in [6.07, 6.45) is 2.27.